The van der Waals surface area contributed by atoms with Crippen LogP contribution >= 0.6 is 11.6 Å². The Bertz CT molecular complexity index is 175. The van der Waals surface area contributed by atoms with E-state index >= 15 is 0 Å². The van der Waals surface area contributed by atoms with Crippen LogP contribution in [0.4, 0.5) is 8.78 Å². The Hall–Kier alpha value is -0.510. The van der Waals surface area contributed by atoms with E-state index in [0.29, 0.717) is 6.21 Å². The average molecular weight is 153 g/mol. The van der Waals surface area contributed by atoms with E-state index in [9.17, 15) is 8.78 Å². The van der Waals surface area contributed by atoms with E-state index in [0.717, 1.165) is 0 Å². The van der Waals surface area contributed by atoms with E-state index < -0.39 is 17.8 Å². The third kappa shape index (κ3) is 1.71. The molecule has 2 nitrogen and oxygen atoms in total. The number of halogens is 3. The van der Waals surface area contributed by atoms with E-state index in [2.05, 4.69) is 9.98 Å². The molecule has 9 heavy (non-hydrogen) atoms. The maximum atomic E-state index is 12.4. The van der Waals surface area contributed by atoms with Crippen LogP contribution in [0.2, 0.25) is 0 Å². The van der Waals surface area contributed by atoms with Crippen molar-refractivity contribution in [3.05, 3.63) is 0 Å². The van der Waals surface area contributed by atoms with Gasteiger partial charge in [-0.3, -0.25) is 0 Å². The fourth-order valence-electron chi connectivity index (χ4n) is 0.400. The predicted molar refractivity (Wildman–Crippen MR) is 31.6 cm³/mol. The van der Waals surface area contributed by atoms with E-state index in [1.54, 1.807) is 0 Å². The molecule has 0 radical (unpaired) electrons. The Morgan fingerprint density at radius 3 is 2.78 bits per heavy atom. The molecule has 0 saturated heterocycles. The van der Waals surface area contributed by atoms with Crippen LogP contribution < -0.4 is 0 Å². The number of hydrogen-bond donors (Lipinski definition) is 0. The van der Waals surface area contributed by atoms with Gasteiger partial charge in [0.1, 0.15) is 0 Å². The third-order valence-corrected chi connectivity index (χ3v) is 0.997. The first-order valence-corrected chi connectivity index (χ1v) is 2.61. The van der Waals surface area contributed by atoms with E-state index in [4.69, 9.17) is 11.6 Å². The molecule has 0 aromatic heterocycles. The Morgan fingerprint density at radius 1 is 1.78 bits per heavy atom. The van der Waals surface area contributed by atoms with Gasteiger partial charge in [0, 0.05) is 0 Å². The fraction of sp³-hybridized carbons (Fsp3) is 0.500. The second-order valence-corrected chi connectivity index (χ2v) is 2.23. The highest BCUT2D eigenvalue weighted by Crippen LogP contribution is 2.17. The normalized spacial score (nSPS) is 34.3. The monoisotopic (exact) mass is 152 g/mol. The molecule has 1 heterocycles. The number of nitrogens with zero attached hydrogens (tertiary/aromatic N) is 2. The Labute approximate surface area is 55.3 Å². The maximum Gasteiger partial charge on any atom is 0.303 e. The van der Waals surface area contributed by atoms with E-state index in [-0.39, 0.29) is 0 Å². The van der Waals surface area contributed by atoms with Gasteiger partial charge in [-0.15, -0.1) is 0 Å². The summed E-state index contributed by atoms with van der Waals surface area (Å²) in [5.41, 5.74) is 0. The first-order valence-electron chi connectivity index (χ1n) is 2.23. The summed E-state index contributed by atoms with van der Waals surface area (Å²) in [4.78, 5) is 5.96. The average Bonchev–Trinajstić information content (AvgIpc) is 1.78. The molecular weight excluding hydrogens is 150 g/mol. The van der Waals surface area contributed by atoms with Gasteiger partial charge in [0.05, 0.1) is 12.8 Å². The first kappa shape index (κ1) is 6.61. The van der Waals surface area contributed by atoms with Gasteiger partial charge in [-0.1, -0.05) is 11.6 Å². The first-order chi connectivity index (χ1) is 4.10. The minimum atomic E-state index is -2.09. The summed E-state index contributed by atoms with van der Waals surface area (Å²) in [6.07, 6.45) is -0.236. The lowest BCUT2D eigenvalue weighted by atomic mass is 10.4. The van der Waals surface area contributed by atoms with Gasteiger partial charge in [-0.25, -0.2) is 14.4 Å². The number of amidine groups is 1. The van der Waals surface area contributed by atoms with Crippen molar-refractivity contribution in [1.82, 2.24) is 0 Å². The molecule has 0 aliphatic carbocycles. The maximum absolute atomic E-state index is 12.4. The summed E-state index contributed by atoms with van der Waals surface area (Å²) in [6, 6.07) is 0. The molecule has 1 atom stereocenters. The minimum absolute atomic E-state index is 0.399. The molecule has 0 fully saturated rings. The van der Waals surface area contributed by atoms with Crippen molar-refractivity contribution in [1.29, 1.82) is 0 Å². The second kappa shape index (κ2) is 2.02. The summed E-state index contributed by atoms with van der Waals surface area (Å²) >= 11 is 5.05. The van der Waals surface area contributed by atoms with Gasteiger partial charge in [-0.05, 0) is 0 Å². The molecule has 0 aromatic carbocycles. The Kier molecular flexibility index (Phi) is 1.48. The van der Waals surface area contributed by atoms with Crippen molar-refractivity contribution in [3.63, 3.8) is 0 Å². The van der Waals surface area contributed by atoms with Crippen LogP contribution in [0.5, 0.6) is 0 Å². The van der Waals surface area contributed by atoms with Crippen LogP contribution in [0, 0.1) is 0 Å². The van der Waals surface area contributed by atoms with Crippen molar-refractivity contribution in [2.24, 2.45) is 9.98 Å². The van der Waals surface area contributed by atoms with Crippen molar-refractivity contribution in [2.75, 3.05) is 6.54 Å². The van der Waals surface area contributed by atoms with Crippen LogP contribution in [0.15, 0.2) is 9.98 Å². The molecule has 0 saturated carbocycles. The predicted octanol–water partition coefficient (Wildman–Crippen LogP) is 1.30. The molecule has 0 N–H and O–H groups in total. The number of rotatable bonds is 0. The topological polar surface area (TPSA) is 24.7 Å². The summed E-state index contributed by atoms with van der Waals surface area (Å²) in [5, 5.41) is -2.09. The highest BCUT2D eigenvalue weighted by atomic mass is 35.5. The minimum Gasteiger partial charge on any atom is -0.235 e. The molecule has 50 valence electrons. The molecule has 0 bridgehead atoms. The lowest BCUT2D eigenvalue weighted by Crippen LogP contribution is -2.24. The molecular formula is C4H3ClF2N2. The smallest absolute Gasteiger partial charge is 0.235 e. The van der Waals surface area contributed by atoms with Crippen molar-refractivity contribution >= 4 is 23.9 Å². The summed E-state index contributed by atoms with van der Waals surface area (Å²) < 4.78 is 24.2. The largest absolute Gasteiger partial charge is 0.303 e. The van der Waals surface area contributed by atoms with Crippen LogP contribution in [0.1, 0.15) is 0 Å². The van der Waals surface area contributed by atoms with Crippen LogP contribution in [-0.2, 0) is 0 Å². The number of hydrogen-bond acceptors (Lipinski definition) is 2. The van der Waals surface area contributed by atoms with Gasteiger partial charge < -0.3 is 0 Å². The molecule has 0 amide bonds. The molecule has 1 aliphatic rings. The van der Waals surface area contributed by atoms with E-state index in [1.165, 1.54) is 0 Å². The summed E-state index contributed by atoms with van der Waals surface area (Å²) in [6.45, 7) is -0.399. The van der Waals surface area contributed by atoms with Gasteiger partial charge in [-0.2, -0.15) is 4.39 Å². The zero-order chi connectivity index (χ0) is 6.91. The van der Waals surface area contributed by atoms with Crippen LogP contribution in [0.25, 0.3) is 0 Å². The van der Waals surface area contributed by atoms with Crippen LogP contribution in [-0.4, -0.2) is 24.0 Å². The molecule has 0 spiro atoms. The van der Waals surface area contributed by atoms with Crippen molar-refractivity contribution < 1.29 is 8.78 Å². The van der Waals surface area contributed by atoms with Gasteiger partial charge >= 0.3 is 6.09 Å². The Balaban J connectivity index is 2.70. The second-order valence-electron chi connectivity index (χ2n) is 1.60. The molecule has 1 unspecified atom stereocenters. The number of alkyl halides is 2. The highest BCUT2D eigenvalue weighted by Gasteiger charge is 2.26. The zero-order valence-electron chi connectivity index (χ0n) is 4.31. The van der Waals surface area contributed by atoms with Crippen LogP contribution in [0.3, 0.4) is 0 Å². The van der Waals surface area contributed by atoms with Crippen molar-refractivity contribution in [2.45, 2.75) is 5.13 Å². The SMILES string of the molecule is FC1=NCC(F)(Cl)C=N1. The third-order valence-electron chi connectivity index (χ3n) is 0.780. The lowest BCUT2D eigenvalue weighted by molar-refractivity contribution is 0.383. The number of aliphatic imine (C=N–C) groups is 2. The Morgan fingerprint density at radius 2 is 2.44 bits per heavy atom. The van der Waals surface area contributed by atoms with Gasteiger partial charge in [0.25, 0.3) is 0 Å². The fourth-order valence-corrected chi connectivity index (χ4v) is 0.509. The molecule has 1 rings (SSSR count). The standard InChI is InChI=1S/C4H3ClF2N2/c5-4(7)1-8-3(6)9-2-4/h1H,2H2. The molecule has 5 heteroatoms. The van der Waals surface area contributed by atoms with E-state index in [1.807, 2.05) is 0 Å². The van der Waals surface area contributed by atoms with Crippen molar-refractivity contribution in [3.8, 4) is 0 Å². The lowest BCUT2D eigenvalue weighted by Gasteiger charge is -2.10. The zero-order valence-corrected chi connectivity index (χ0v) is 5.07. The van der Waals surface area contributed by atoms with Gasteiger partial charge in [0.2, 0.25) is 5.13 Å². The highest BCUT2D eigenvalue weighted by molar-refractivity contribution is 6.31. The molecule has 1 aliphatic heterocycles. The summed E-state index contributed by atoms with van der Waals surface area (Å²) in [5.74, 6) is 0. The van der Waals surface area contributed by atoms with Gasteiger partial charge in [0.15, 0.2) is 0 Å². The quantitative estimate of drug-likeness (QED) is 0.369. The molecule has 0 aromatic rings. The summed E-state index contributed by atoms with van der Waals surface area (Å²) in [7, 11) is 0.